The second-order valence-electron chi connectivity index (χ2n) is 3.65. The fourth-order valence-corrected chi connectivity index (χ4v) is 1.30. The first-order valence-electron chi connectivity index (χ1n) is 5.28. The molecule has 1 unspecified atom stereocenters. The number of hydrogen-bond acceptors (Lipinski definition) is 4. The van der Waals surface area contributed by atoms with Crippen LogP contribution in [-0.4, -0.2) is 23.2 Å². The van der Waals surface area contributed by atoms with Gasteiger partial charge < -0.3 is 4.74 Å². The zero-order valence-corrected chi connectivity index (χ0v) is 9.81. The highest BCUT2D eigenvalue weighted by Gasteiger charge is 2.41. The lowest BCUT2D eigenvalue weighted by molar-refractivity contribution is -0.384. The van der Waals surface area contributed by atoms with E-state index in [1.807, 2.05) is 0 Å². The van der Waals surface area contributed by atoms with Crippen LogP contribution in [0.25, 0.3) is 0 Å². The molecule has 1 aromatic rings. The van der Waals surface area contributed by atoms with Gasteiger partial charge in [-0.05, 0) is 18.6 Å². The number of ether oxygens (including phenoxy) is 1. The normalized spacial score (nSPS) is 12.8. The zero-order valence-electron chi connectivity index (χ0n) is 9.81. The van der Waals surface area contributed by atoms with Crippen molar-refractivity contribution < 1.29 is 27.6 Å². The van der Waals surface area contributed by atoms with Gasteiger partial charge in [-0.1, -0.05) is 6.92 Å². The average molecular weight is 277 g/mol. The molecular weight excluding hydrogens is 267 g/mol. The number of alkyl halides is 3. The van der Waals surface area contributed by atoms with Crippen LogP contribution in [0.1, 0.15) is 23.7 Å². The van der Waals surface area contributed by atoms with E-state index in [0.717, 1.165) is 24.3 Å². The Kier molecular flexibility index (Phi) is 4.47. The highest BCUT2D eigenvalue weighted by molar-refractivity contribution is 5.89. The predicted molar refractivity (Wildman–Crippen MR) is 58.6 cm³/mol. The van der Waals surface area contributed by atoms with Crippen LogP contribution in [0.4, 0.5) is 18.9 Å². The number of carbonyl (C=O) groups is 1. The summed E-state index contributed by atoms with van der Waals surface area (Å²) in [5, 5.41) is 10.4. The second kappa shape index (κ2) is 5.68. The first-order chi connectivity index (χ1) is 8.75. The van der Waals surface area contributed by atoms with Gasteiger partial charge in [0.1, 0.15) is 0 Å². The lowest BCUT2D eigenvalue weighted by Gasteiger charge is -2.18. The number of esters is 1. The number of nitro groups is 1. The molecule has 0 N–H and O–H groups in total. The third kappa shape index (κ3) is 3.94. The molecule has 1 aromatic carbocycles. The summed E-state index contributed by atoms with van der Waals surface area (Å²) in [5.74, 6) is -1.17. The van der Waals surface area contributed by atoms with Crippen molar-refractivity contribution in [3.8, 4) is 0 Å². The largest absolute Gasteiger partial charge is 0.449 e. The van der Waals surface area contributed by atoms with Gasteiger partial charge in [0.05, 0.1) is 10.5 Å². The maximum atomic E-state index is 12.4. The van der Waals surface area contributed by atoms with Gasteiger partial charge in [-0.15, -0.1) is 0 Å². The smallest absolute Gasteiger partial charge is 0.425 e. The Morgan fingerprint density at radius 3 is 2.26 bits per heavy atom. The maximum absolute atomic E-state index is 12.4. The van der Waals surface area contributed by atoms with Crippen molar-refractivity contribution in [2.75, 3.05) is 0 Å². The Labute approximate surface area is 106 Å². The zero-order chi connectivity index (χ0) is 14.6. The summed E-state index contributed by atoms with van der Waals surface area (Å²) in [5.41, 5.74) is -0.437. The number of hydrogen-bond donors (Lipinski definition) is 0. The van der Waals surface area contributed by atoms with E-state index in [1.165, 1.54) is 6.92 Å². The van der Waals surface area contributed by atoms with E-state index in [1.54, 1.807) is 0 Å². The van der Waals surface area contributed by atoms with E-state index in [-0.39, 0.29) is 11.3 Å². The van der Waals surface area contributed by atoms with E-state index in [4.69, 9.17) is 0 Å². The Morgan fingerprint density at radius 2 is 1.89 bits per heavy atom. The summed E-state index contributed by atoms with van der Waals surface area (Å²) in [7, 11) is 0. The number of carbonyl (C=O) groups excluding carboxylic acids is 1. The summed E-state index contributed by atoms with van der Waals surface area (Å²) >= 11 is 0. The van der Waals surface area contributed by atoms with Crippen molar-refractivity contribution in [2.45, 2.75) is 25.6 Å². The van der Waals surface area contributed by atoms with Gasteiger partial charge in [0.15, 0.2) is 6.10 Å². The van der Waals surface area contributed by atoms with Gasteiger partial charge in [0, 0.05) is 12.1 Å². The molecule has 0 aromatic heterocycles. The summed E-state index contributed by atoms with van der Waals surface area (Å²) in [4.78, 5) is 21.1. The molecule has 5 nitrogen and oxygen atoms in total. The number of nitrogens with zero attached hydrogens (tertiary/aromatic N) is 1. The van der Waals surface area contributed by atoms with E-state index >= 15 is 0 Å². The minimum Gasteiger partial charge on any atom is -0.449 e. The monoisotopic (exact) mass is 277 g/mol. The molecule has 0 aliphatic carbocycles. The van der Waals surface area contributed by atoms with Crippen LogP contribution in [0.15, 0.2) is 24.3 Å². The van der Waals surface area contributed by atoms with Crippen molar-refractivity contribution in [1.82, 2.24) is 0 Å². The van der Waals surface area contributed by atoms with E-state index in [0.29, 0.717) is 0 Å². The summed E-state index contributed by atoms with van der Waals surface area (Å²) in [6.07, 6.45) is -7.22. The molecule has 0 heterocycles. The second-order valence-corrected chi connectivity index (χ2v) is 3.65. The Bertz CT molecular complexity index is 470. The lowest BCUT2D eigenvalue weighted by atomic mass is 10.2. The molecule has 0 aliphatic rings. The van der Waals surface area contributed by atoms with Crippen LogP contribution in [0, 0.1) is 10.1 Å². The molecule has 0 aliphatic heterocycles. The van der Waals surface area contributed by atoms with Crippen molar-refractivity contribution in [3.05, 3.63) is 39.9 Å². The highest BCUT2D eigenvalue weighted by atomic mass is 19.4. The number of halogens is 3. The highest BCUT2D eigenvalue weighted by Crippen LogP contribution is 2.26. The van der Waals surface area contributed by atoms with Gasteiger partial charge in [0.25, 0.3) is 5.69 Å². The molecule has 8 heteroatoms. The van der Waals surface area contributed by atoms with Gasteiger partial charge in [-0.2, -0.15) is 13.2 Å². The fraction of sp³-hybridized carbons (Fsp3) is 0.364. The van der Waals surface area contributed by atoms with Crippen molar-refractivity contribution in [1.29, 1.82) is 0 Å². The Balaban J connectivity index is 2.80. The maximum Gasteiger partial charge on any atom is 0.425 e. The molecule has 0 spiro atoms. The van der Waals surface area contributed by atoms with Gasteiger partial charge in [0.2, 0.25) is 0 Å². The van der Waals surface area contributed by atoms with Crippen LogP contribution >= 0.6 is 0 Å². The van der Waals surface area contributed by atoms with Crippen LogP contribution < -0.4 is 0 Å². The van der Waals surface area contributed by atoms with Crippen molar-refractivity contribution in [3.63, 3.8) is 0 Å². The number of rotatable bonds is 4. The van der Waals surface area contributed by atoms with Gasteiger partial charge >= 0.3 is 12.1 Å². The Morgan fingerprint density at radius 1 is 1.37 bits per heavy atom. The fourth-order valence-electron chi connectivity index (χ4n) is 1.30. The predicted octanol–water partition coefficient (Wildman–Crippen LogP) is 3.09. The van der Waals surface area contributed by atoms with Crippen LogP contribution in [0.2, 0.25) is 0 Å². The molecule has 0 saturated heterocycles. The number of non-ortho nitro benzene ring substituents is 1. The topological polar surface area (TPSA) is 69.4 Å². The first-order valence-corrected chi connectivity index (χ1v) is 5.28. The van der Waals surface area contributed by atoms with E-state index in [2.05, 4.69) is 4.74 Å². The Hall–Kier alpha value is -2.12. The van der Waals surface area contributed by atoms with E-state index < -0.39 is 29.6 Å². The van der Waals surface area contributed by atoms with Gasteiger partial charge in [-0.25, -0.2) is 4.79 Å². The molecule has 1 atom stereocenters. The molecule has 104 valence electrons. The quantitative estimate of drug-likeness (QED) is 0.481. The van der Waals surface area contributed by atoms with Crippen molar-refractivity contribution >= 4 is 11.7 Å². The number of benzene rings is 1. The molecule has 0 amide bonds. The molecule has 1 rings (SSSR count). The minimum absolute atomic E-state index is 0.173. The van der Waals surface area contributed by atoms with Crippen LogP contribution in [0.5, 0.6) is 0 Å². The summed E-state index contributed by atoms with van der Waals surface area (Å²) < 4.78 is 41.5. The van der Waals surface area contributed by atoms with Crippen LogP contribution in [0.3, 0.4) is 0 Å². The van der Waals surface area contributed by atoms with Crippen LogP contribution in [-0.2, 0) is 4.74 Å². The minimum atomic E-state index is -4.63. The third-order valence-corrected chi connectivity index (χ3v) is 2.30. The summed E-state index contributed by atoms with van der Waals surface area (Å²) in [6.45, 7) is 1.24. The third-order valence-electron chi connectivity index (χ3n) is 2.30. The SMILES string of the molecule is CCC(OC(=O)c1ccc([N+](=O)[O-])cc1)C(F)(F)F. The standard InChI is InChI=1S/C11H10F3NO4/c1-2-9(11(12,13)14)19-10(16)7-3-5-8(6-4-7)15(17)18/h3-6,9H,2H2,1H3. The summed E-state index contributed by atoms with van der Waals surface area (Å²) in [6, 6.07) is 4.13. The first kappa shape index (κ1) is 14.9. The molecule has 0 radical (unpaired) electrons. The molecule has 0 fully saturated rings. The molecule has 0 bridgehead atoms. The molecular formula is C11H10F3NO4. The molecule has 0 saturated carbocycles. The van der Waals surface area contributed by atoms with Gasteiger partial charge in [-0.3, -0.25) is 10.1 Å². The van der Waals surface area contributed by atoms with Crippen molar-refractivity contribution in [2.24, 2.45) is 0 Å². The number of nitro benzene ring substituents is 1. The molecule has 19 heavy (non-hydrogen) atoms. The van der Waals surface area contributed by atoms with E-state index in [9.17, 15) is 28.1 Å². The average Bonchev–Trinajstić information content (AvgIpc) is 2.34. The lowest BCUT2D eigenvalue weighted by Crippen LogP contribution is -2.33.